The van der Waals surface area contributed by atoms with E-state index in [1.807, 2.05) is 6.07 Å². The molecule has 1 amide bonds. The number of fused-ring (bicyclic) bond motifs is 3. The van der Waals surface area contributed by atoms with E-state index in [-0.39, 0.29) is 29.1 Å². The highest BCUT2D eigenvalue weighted by molar-refractivity contribution is 9.10. The van der Waals surface area contributed by atoms with Gasteiger partial charge in [-0.1, -0.05) is 40.2 Å². The number of alkyl halides is 5. The second kappa shape index (κ2) is 14.5. The summed E-state index contributed by atoms with van der Waals surface area (Å²) in [5.74, 6) is -6.81. The summed E-state index contributed by atoms with van der Waals surface area (Å²) in [7, 11) is -4.53. The van der Waals surface area contributed by atoms with Gasteiger partial charge in [-0.05, 0) is 98.5 Å². The molecule has 2 heterocycles. The highest BCUT2D eigenvalue weighted by Gasteiger charge is 2.53. The third-order valence-electron chi connectivity index (χ3n) is 9.08. The molecule has 1 saturated carbocycles. The van der Waals surface area contributed by atoms with Crippen molar-refractivity contribution in [3.8, 4) is 5.75 Å². The van der Waals surface area contributed by atoms with Crippen molar-refractivity contribution in [3.05, 3.63) is 70.7 Å². The number of ether oxygens (including phenoxy) is 1. The number of amides is 1. The SMILES string of the molecule is NC1CC2CCC(C1)N2C(=O)C(NS(=O)(=O)c1ccc2cc(OC3CCCC3)ccc2c1)C(F)(F)c1ccc(Br)cc1.O=C(O)C(F)(F)F. The van der Waals surface area contributed by atoms with Gasteiger partial charge in [0.15, 0.2) is 6.04 Å². The van der Waals surface area contributed by atoms with E-state index in [9.17, 15) is 26.4 Å². The van der Waals surface area contributed by atoms with Gasteiger partial charge in [0, 0.05) is 28.2 Å². The summed E-state index contributed by atoms with van der Waals surface area (Å²) in [6.45, 7) is 0. The monoisotopic (exact) mass is 775 g/mol. The highest BCUT2D eigenvalue weighted by Crippen LogP contribution is 2.40. The molecule has 3 fully saturated rings. The first kappa shape index (κ1) is 36.9. The van der Waals surface area contributed by atoms with Crippen LogP contribution in [-0.4, -0.2) is 66.7 Å². The van der Waals surface area contributed by atoms with Crippen LogP contribution >= 0.6 is 15.9 Å². The lowest BCUT2D eigenvalue weighted by molar-refractivity contribution is -0.192. The van der Waals surface area contributed by atoms with Gasteiger partial charge < -0.3 is 20.5 Å². The molecule has 266 valence electrons. The van der Waals surface area contributed by atoms with Crippen LogP contribution < -0.4 is 15.2 Å². The number of carbonyl (C=O) groups is 2. The molecule has 2 aliphatic heterocycles. The zero-order valence-corrected chi connectivity index (χ0v) is 28.4. The van der Waals surface area contributed by atoms with E-state index in [0.29, 0.717) is 41.3 Å². The summed E-state index contributed by atoms with van der Waals surface area (Å²) in [5.41, 5.74) is 5.69. The van der Waals surface area contributed by atoms with Crippen LogP contribution in [0.4, 0.5) is 22.0 Å². The number of hydrogen-bond acceptors (Lipinski definition) is 6. The van der Waals surface area contributed by atoms with Crippen LogP contribution in [-0.2, 0) is 25.5 Å². The zero-order chi connectivity index (χ0) is 35.7. The van der Waals surface area contributed by atoms with Gasteiger partial charge in [-0.15, -0.1) is 0 Å². The number of rotatable bonds is 8. The van der Waals surface area contributed by atoms with Gasteiger partial charge >= 0.3 is 12.1 Å². The number of benzene rings is 3. The summed E-state index contributed by atoms with van der Waals surface area (Å²) < 4.78 is 100. The first-order valence-corrected chi connectivity index (χ1v) is 18.0. The number of carboxylic acids is 1. The molecule has 3 aliphatic rings. The maximum Gasteiger partial charge on any atom is 0.490 e. The Bertz CT molecular complexity index is 1770. The van der Waals surface area contributed by atoms with E-state index in [2.05, 4.69) is 20.7 Å². The van der Waals surface area contributed by atoms with E-state index >= 15 is 8.78 Å². The number of aliphatic carboxylic acids is 1. The number of nitrogens with two attached hydrogens (primary N) is 1. The molecule has 3 atom stereocenters. The molecule has 4 N–H and O–H groups in total. The van der Waals surface area contributed by atoms with E-state index in [4.69, 9.17) is 20.4 Å². The fourth-order valence-electron chi connectivity index (χ4n) is 6.71. The normalized spacial score (nSPS) is 22.0. The second-order valence-corrected chi connectivity index (χ2v) is 15.2. The summed E-state index contributed by atoms with van der Waals surface area (Å²) >= 11 is 3.24. The van der Waals surface area contributed by atoms with Crippen molar-refractivity contribution in [2.45, 2.75) is 98.6 Å². The van der Waals surface area contributed by atoms with Gasteiger partial charge in [0.05, 0.1) is 11.0 Å². The topological polar surface area (TPSA) is 139 Å². The third kappa shape index (κ3) is 8.52. The predicted octanol–water partition coefficient (Wildman–Crippen LogP) is 6.48. The smallest absolute Gasteiger partial charge is 0.490 e. The lowest BCUT2D eigenvalue weighted by atomic mass is 9.95. The number of carbonyl (C=O) groups excluding carboxylic acids is 1. The Morgan fingerprint density at radius 3 is 2.02 bits per heavy atom. The molecule has 16 heteroatoms. The largest absolute Gasteiger partial charge is 0.490 e. The number of piperidine rings is 1. The average molecular weight is 777 g/mol. The van der Waals surface area contributed by atoms with Crippen molar-refractivity contribution in [1.82, 2.24) is 9.62 Å². The summed E-state index contributed by atoms with van der Waals surface area (Å²) in [6.07, 6.45) is 1.72. The van der Waals surface area contributed by atoms with Gasteiger partial charge in [-0.3, -0.25) is 4.79 Å². The third-order valence-corrected chi connectivity index (χ3v) is 11.0. The number of sulfonamides is 1. The van der Waals surface area contributed by atoms with Crippen LogP contribution in [0.5, 0.6) is 5.75 Å². The maximum absolute atomic E-state index is 16.2. The number of nitrogens with zero attached hydrogens (tertiary/aromatic N) is 1. The molecule has 9 nitrogen and oxygen atoms in total. The predicted molar refractivity (Wildman–Crippen MR) is 174 cm³/mol. The van der Waals surface area contributed by atoms with Gasteiger partial charge in [0.1, 0.15) is 5.75 Å². The maximum atomic E-state index is 16.2. The van der Waals surface area contributed by atoms with Crippen LogP contribution in [0, 0.1) is 0 Å². The van der Waals surface area contributed by atoms with Gasteiger partial charge in [0.25, 0.3) is 5.92 Å². The highest BCUT2D eigenvalue weighted by atomic mass is 79.9. The summed E-state index contributed by atoms with van der Waals surface area (Å²) in [5, 5.41) is 8.50. The van der Waals surface area contributed by atoms with Crippen molar-refractivity contribution in [2.75, 3.05) is 0 Å². The molecule has 1 aliphatic carbocycles. The van der Waals surface area contributed by atoms with Crippen molar-refractivity contribution in [2.24, 2.45) is 5.73 Å². The van der Waals surface area contributed by atoms with Gasteiger partial charge in [-0.2, -0.15) is 26.7 Å². The molecule has 0 spiro atoms. The number of nitrogens with one attached hydrogen (secondary N) is 1. The molecule has 3 aromatic rings. The quantitative estimate of drug-likeness (QED) is 0.223. The van der Waals surface area contributed by atoms with Crippen molar-refractivity contribution in [3.63, 3.8) is 0 Å². The first-order chi connectivity index (χ1) is 23.0. The lowest BCUT2D eigenvalue weighted by Crippen LogP contribution is -2.60. The number of carboxylic acid groups (broad SMARTS) is 1. The Hall–Kier alpha value is -3.34. The first-order valence-electron chi connectivity index (χ1n) is 15.7. The number of halogens is 6. The molecule has 6 rings (SSSR count). The standard InChI is InChI=1S/C31H34BrF2N3O4S.C2HF3O2/c32-22-9-7-21(8-10-22)31(33,34)29(30(38)37-24-11-12-25(37)18-23(35)17-24)36-42(39,40)28-14-6-19-15-27(13-5-20(19)16-28)41-26-3-1-2-4-26;3-2(4,5)1(6)7/h5-10,13-16,23-26,29,36H,1-4,11-12,17-18,35H2;(H,6,7). The Morgan fingerprint density at radius 2 is 1.45 bits per heavy atom. The molecule has 3 unspecified atom stereocenters. The molecule has 49 heavy (non-hydrogen) atoms. The summed E-state index contributed by atoms with van der Waals surface area (Å²) in [6, 6.07) is 12.1. The molecule has 3 aromatic carbocycles. The van der Waals surface area contributed by atoms with Crippen LogP contribution in [0.3, 0.4) is 0 Å². The minimum atomic E-state index is -5.08. The van der Waals surface area contributed by atoms with Gasteiger partial charge in [-0.25, -0.2) is 13.2 Å². The Kier molecular flexibility index (Phi) is 10.9. The van der Waals surface area contributed by atoms with Crippen molar-refractivity contribution in [1.29, 1.82) is 0 Å². The van der Waals surface area contributed by atoms with Crippen LogP contribution in [0.1, 0.15) is 56.9 Å². The Labute approximate surface area is 288 Å². The summed E-state index contributed by atoms with van der Waals surface area (Å²) in [4.78, 5) is 24.1. The van der Waals surface area contributed by atoms with E-state index in [1.54, 1.807) is 18.2 Å². The molecule has 0 aromatic heterocycles. The Balaban J connectivity index is 0.000000606. The van der Waals surface area contributed by atoms with Gasteiger partial charge in [0.2, 0.25) is 15.9 Å². The minimum absolute atomic E-state index is 0.115. The Morgan fingerprint density at radius 1 is 0.898 bits per heavy atom. The van der Waals surface area contributed by atoms with E-state index in [0.717, 1.165) is 31.1 Å². The zero-order valence-electron chi connectivity index (χ0n) is 26.0. The van der Waals surface area contributed by atoms with E-state index < -0.39 is 45.6 Å². The van der Waals surface area contributed by atoms with Crippen molar-refractivity contribution < 1.29 is 49.8 Å². The molecule has 2 bridgehead atoms. The van der Waals surface area contributed by atoms with Crippen LogP contribution in [0.25, 0.3) is 10.8 Å². The molecule has 2 saturated heterocycles. The minimum Gasteiger partial charge on any atom is -0.490 e. The molecule has 0 radical (unpaired) electrons. The average Bonchev–Trinajstić information content (AvgIpc) is 3.64. The fraction of sp³-hybridized carbons (Fsp3) is 0.455. The van der Waals surface area contributed by atoms with Crippen molar-refractivity contribution >= 4 is 48.6 Å². The molecular formula is C33H35BrF5N3O6S. The van der Waals surface area contributed by atoms with Crippen LogP contribution in [0.15, 0.2) is 70.0 Å². The fourth-order valence-corrected chi connectivity index (χ4v) is 8.20. The van der Waals surface area contributed by atoms with Crippen LogP contribution in [0.2, 0.25) is 0 Å². The molecular weight excluding hydrogens is 741 g/mol. The lowest BCUT2D eigenvalue weighted by Gasteiger charge is -2.41. The van der Waals surface area contributed by atoms with E-state index in [1.165, 1.54) is 41.3 Å². The number of hydrogen-bond donors (Lipinski definition) is 3. The second-order valence-electron chi connectivity index (χ2n) is 12.5.